The van der Waals surface area contributed by atoms with Crippen LogP contribution in [0.1, 0.15) is 0 Å². The Balaban J connectivity index is -0.000000320. The molecule has 0 aromatic carbocycles. The van der Waals surface area contributed by atoms with E-state index in [1.165, 1.54) is 0 Å². The molecule has 17 nitrogen and oxygen atoms in total. The van der Waals surface area contributed by atoms with Gasteiger partial charge >= 0.3 is 53.3 Å². The molecule has 23 heteroatoms. The Morgan fingerprint density at radius 3 is 0.481 bits per heavy atom. The standard InChI is InChI=1S/C2H10O5Si2.2CH8O6Si2/c1-8(3,4)7-9(2,5)6;2*1-8(2,3)7-9(4,5)6/h3-6H,1-2H3;2*2-6H,1H3. The second-order valence-corrected chi connectivity index (χ2v) is 17.4. The van der Waals surface area contributed by atoms with Gasteiger partial charge in [0.15, 0.2) is 0 Å². The van der Waals surface area contributed by atoms with Crippen LogP contribution >= 0.6 is 0 Å². The predicted octanol–water partition coefficient (Wildman–Crippen LogP) is -7.95. The van der Waals surface area contributed by atoms with Crippen molar-refractivity contribution in [3.63, 3.8) is 0 Å². The van der Waals surface area contributed by atoms with Crippen LogP contribution < -0.4 is 0 Å². The first-order valence-corrected chi connectivity index (χ1v) is 19.1. The van der Waals surface area contributed by atoms with Crippen molar-refractivity contribution in [3.05, 3.63) is 0 Å². The zero-order chi connectivity index (χ0) is 23.1. The van der Waals surface area contributed by atoms with Crippen molar-refractivity contribution in [3.8, 4) is 0 Å². The summed E-state index contributed by atoms with van der Waals surface area (Å²) in [5.74, 6) is 0. The summed E-state index contributed by atoms with van der Waals surface area (Å²) >= 11 is 0. The SMILES string of the molecule is C[Si](O)(O)O[Si](C)(O)O.C[Si](O)(O)O[Si](O)(O)O.C[Si](O)(O)O[Si](O)(O)O. The quantitative estimate of drug-likeness (QED) is 0.146. The zero-order valence-electron chi connectivity index (χ0n) is 14.5. The van der Waals surface area contributed by atoms with Gasteiger partial charge in [-0.05, 0) is 0 Å². The Kier molecular flexibility index (Phi) is 13.3. The third-order valence-corrected chi connectivity index (χ3v) is 9.43. The van der Waals surface area contributed by atoms with Crippen molar-refractivity contribution < 1.29 is 79.5 Å². The molecular weight excluding hydrogens is 489 g/mol. The molecule has 0 saturated carbocycles. The Hall–Kier alpha value is 0.621. The topological polar surface area (TPSA) is 311 Å². The Morgan fingerprint density at radius 2 is 0.481 bits per heavy atom. The van der Waals surface area contributed by atoms with Crippen molar-refractivity contribution in [2.24, 2.45) is 0 Å². The molecule has 0 aliphatic heterocycles. The van der Waals surface area contributed by atoms with E-state index in [9.17, 15) is 0 Å². The van der Waals surface area contributed by atoms with E-state index in [-0.39, 0.29) is 0 Å². The first-order valence-electron chi connectivity index (χ1n) is 6.36. The van der Waals surface area contributed by atoms with E-state index >= 15 is 0 Å². The third kappa shape index (κ3) is 46.5. The molecule has 0 aromatic heterocycles. The first kappa shape index (κ1) is 32.3. The second-order valence-electron chi connectivity index (χ2n) is 5.19. The van der Waals surface area contributed by atoms with Crippen molar-refractivity contribution in [1.82, 2.24) is 0 Å². The van der Waals surface area contributed by atoms with Gasteiger partial charge in [-0.1, -0.05) is 0 Å². The minimum absolute atomic E-state index is 0.872. The number of hydrogen-bond donors (Lipinski definition) is 14. The maximum atomic E-state index is 8.54. The fourth-order valence-corrected chi connectivity index (χ4v) is 7.97. The van der Waals surface area contributed by atoms with Crippen molar-refractivity contribution >= 4 is 53.3 Å². The average molecular weight is 515 g/mol. The number of hydrogen-bond acceptors (Lipinski definition) is 17. The molecule has 27 heavy (non-hydrogen) atoms. The monoisotopic (exact) mass is 514 g/mol. The van der Waals surface area contributed by atoms with Gasteiger partial charge < -0.3 is 79.5 Å². The van der Waals surface area contributed by atoms with E-state index in [1.54, 1.807) is 0 Å². The predicted molar refractivity (Wildman–Crippen MR) is 92.3 cm³/mol. The van der Waals surface area contributed by atoms with Gasteiger partial charge in [0.1, 0.15) is 0 Å². The van der Waals surface area contributed by atoms with Crippen LogP contribution in [0.4, 0.5) is 0 Å². The molecule has 0 bridgehead atoms. The average Bonchev–Trinajstić information content (AvgIpc) is 1.96. The molecule has 168 valence electrons. The van der Waals surface area contributed by atoms with Crippen molar-refractivity contribution in [2.45, 2.75) is 26.2 Å². The lowest BCUT2D eigenvalue weighted by Crippen LogP contribution is -2.51. The van der Waals surface area contributed by atoms with E-state index < -0.39 is 53.3 Å². The van der Waals surface area contributed by atoms with Gasteiger partial charge in [0, 0.05) is 26.2 Å². The van der Waals surface area contributed by atoms with Crippen LogP contribution in [-0.2, 0) is 12.3 Å². The molecule has 0 aromatic rings. The smallest absolute Gasteiger partial charge is 0.390 e. The molecular formula is C4H26O17Si6. The first-order chi connectivity index (χ1) is 11.1. The zero-order valence-corrected chi connectivity index (χ0v) is 20.5. The molecule has 0 aliphatic carbocycles. The minimum Gasteiger partial charge on any atom is -0.390 e. The van der Waals surface area contributed by atoms with Crippen LogP contribution in [0.3, 0.4) is 0 Å². The fraction of sp³-hybridized carbons (Fsp3) is 1.00. The summed E-state index contributed by atoms with van der Waals surface area (Å²) in [5, 5.41) is 0. The molecule has 0 rings (SSSR count). The lowest BCUT2D eigenvalue weighted by atomic mass is 11.9. The van der Waals surface area contributed by atoms with Gasteiger partial charge in [-0.2, -0.15) is 0 Å². The van der Waals surface area contributed by atoms with E-state index in [0.717, 1.165) is 26.2 Å². The molecule has 0 atom stereocenters. The van der Waals surface area contributed by atoms with Gasteiger partial charge in [-0.15, -0.1) is 0 Å². The van der Waals surface area contributed by atoms with E-state index in [0.29, 0.717) is 0 Å². The second kappa shape index (κ2) is 11.1. The van der Waals surface area contributed by atoms with Crippen LogP contribution in [0, 0.1) is 0 Å². The van der Waals surface area contributed by atoms with E-state index in [1.807, 2.05) is 0 Å². The molecule has 0 saturated heterocycles. The van der Waals surface area contributed by atoms with Crippen molar-refractivity contribution in [2.75, 3.05) is 0 Å². The van der Waals surface area contributed by atoms with Gasteiger partial charge in [0.05, 0.1) is 0 Å². The molecule has 0 heterocycles. The number of rotatable bonds is 6. The summed E-state index contributed by atoms with van der Waals surface area (Å²) in [4.78, 5) is 116. The summed E-state index contributed by atoms with van der Waals surface area (Å²) in [6.07, 6.45) is 0. The van der Waals surface area contributed by atoms with Crippen molar-refractivity contribution in [1.29, 1.82) is 0 Å². The summed E-state index contributed by atoms with van der Waals surface area (Å²) < 4.78 is 11.5. The van der Waals surface area contributed by atoms with Gasteiger partial charge in [0.2, 0.25) is 0 Å². The highest BCUT2D eigenvalue weighted by atomic mass is 28.5. The molecule has 0 amide bonds. The largest absolute Gasteiger partial charge is 0.663 e. The van der Waals surface area contributed by atoms with Gasteiger partial charge in [0.25, 0.3) is 0 Å². The van der Waals surface area contributed by atoms with Crippen LogP contribution in [-0.4, -0.2) is 120 Å². The molecule has 14 N–H and O–H groups in total. The highest BCUT2D eigenvalue weighted by molar-refractivity contribution is 6.70. The summed E-state index contributed by atoms with van der Waals surface area (Å²) in [5.41, 5.74) is 0. The maximum Gasteiger partial charge on any atom is 0.663 e. The fourth-order valence-electron chi connectivity index (χ4n) is 0.885. The normalized spacial score (nSPS) is 14.0. The highest BCUT2D eigenvalue weighted by Gasteiger charge is 2.42. The van der Waals surface area contributed by atoms with Crippen LogP contribution in [0.5, 0.6) is 0 Å². The molecule has 0 spiro atoms. The van der Waals surface area contributed by atoms with E-state index in [2.05, 4.69) is 12.3 Å². The lowest BCUT2D eigenvalue weighted by molar-refractivity contribution is 0.0832. The Labute approximate surface area is 159 Å². The Morgan fingerprint density at radius 1 is 0.333 bits per heavy atom. The summed E-state index contributed by atoms with van der Waals surface area (Å²) in [6, 6.07) is 0. The third-order valence-electron chi connectivity index (χ3n) is 1.05. The van der Waals surface area contributed by atoms with Crippen LogP contribution in [0.15, 0.2) is 0 Å². The minimum atomic E-state index is -4.73. The molecule has 0 fully saturated rings. The lowest BCUT2D eigenvalue weighted by Gasteiger charge is -2.18. The van der Waals surface area contributed by atoms with Gasteiger partial charge in [-0.3, -0.25) is 0 Å². The van der Waals surface area contributed by atoms with Gasteiger partial charge in [-0.25, -0.2) is 0 Å². The molecule has 0 unspecified atom stereocenters. The highest BCUT2D eigenvalue weighted by Crippen LogP contribution is 2.02. The summed E-state index contributed by atoms with van der Waals surface area (Å²) in [7, 11) is -24.9. The maximum absolute atomic E-state index is 8.54. The Bertz CT molecular complexity index is 293. The van der Waals surface area contributed by atoms with Crippen LogP contribution in [0.2, 0.25) is 26.2 Å². The molecule has 0 aliphatic rings. The summed E-state index contributed by atoms with van der Waals surface area (Å²) in [6.45, 7) is 3.81. The van der Waals surface area contributed by atoms with E-state index in [4.69, 9.17) is 67.1 Å². The molecule has 0 radical (unpaired) electrons. The van der Waals surface area contributed by atoms with Crippen LogP contribution in [0.25, 0.3) is 0 Å².